The summed E-state index contributed by atoms with van der Waals surface area (Å²) >= 11 is 6.21. The Hall–Kier alpha value is -1.92. The number of aliphatic hydroxyl groups is 1. The van der Waals surface area contributed by atoms with Crippen molar-refractivity contribution in [3.63, 3.8) is 0 Å². The van der Waals surface area contributed by atoms with Crippen molar-refractivity contribution in [1.82, 2.24) is 9.78 Å². The molecular weight excluding hydrogens is 294 g/mol. The molecule has 1 aromatic carbocycles. The molecule has 2 rings (SSSR count). The number of nitrogens with zero attached hydrogens (tertiary/aromatic N) is 2. The van der Waals surface area contributed by atoms with Gasteiger partial charge in [-0.25, -0.2) is 0 Å². The molecule has 0 fully saturated rings. The fraction of sp³-hybridized carbons (Fsp3) is 0.357. The van der Waals surface area contributed by atoms with Crippen molar-refractivity contribution >= 4 is 17.3 Å². The van der Waals surface area contributed by atoms with Crippen LogP contribution in [0.5, 0.6) is 11.5 Å². The topological polar surface area (TPSA) is 68.5 Å². The number of benzene rings is 1. The summed E-state index contributed by atoms with van der Waals surface area (Å²) in [5, 5.41) is 16.8. The van der Waals surface area contributed by atoms with Crippen LogP contribution in [0, 0.1) is 0 Å². The summed E-state index contributed by atoms with van der Waals surface area (Å²) in [5.74, 6) is 1.20. The molecule has 0 radical (unpaired) electrons. The lowest BCUT2D eigenvalue weighted by Gasteiger charge is -2.12. The van der Waals surface area contributed by atoms with E-state index in [9.17, 15) is 0 Å². The number of halogens is 1. The number of aromatic nitrogens is 2. The van der Waals surface area contributed by atoms with Crippen LogP contribution in [0.3, 0.4) is 0 Å². The fourth-order valence-corrected chi connectivity index (χ4v) is 2.13. The zero-order chi connectivity index (χ0) is 15.2. The van der Waals surface area contributed by atoms with E-state index in [2.05, 4.69) is 10.4 Å². The molecular formula is C14H18ClN3O3. The summed E-state index contributed by atoms with van der Waals surface area (Å²) in [4.78, 5) is 0. The van der Waals surface area contributed by atoms with Gasteiger partial charge in [0.15, 0.2) is 11.5 Å². The van der Waals surface area contributed by atoms with Gasteiger partial charge in [0.05, 0.1) is 44.3 Å². The highest BCUT2D eigenvalue weighted by Gasteiger charge is 2.10. The third kappa shape index (κ3) is 3.80. The largest absolute Gasteiger partial charge is 0.493 e. The smallest absolute Gasteiger partial charge is 0.162 e. The van der Waals surface area contributed by atoms with Crippen LogP contribution < -0.4 is 14.8 Å². The Morgan fingerprint density at radius 3 is 2.67 bits per heavy atom. The van der Waals surface area contributed by atoms with Crippen molar-refractivity contribution in [2.45, 2.75) is 13.1 Å². The zero-order valence-corrected chi connectivity index (χ0v) is 12.7. The van der Waals surface area contributed by atoms with E-state index in [-0.39, 0.29) is 6.61 Å². The molecule has 0 aliphatic rings. The monoisotopic (exact) mass is 311 g/mol. The van der Waals surface area contributed by atoms with Crippen molar-refractivity contribution in [3.05, 3.63) is 35.1 Å². The predicted octanol–water partition coefficient (Wildman–Crippen LogP) is 2.16. The highest BCUT2D eigenvalue weighted by Crippen LogP contribution is 2.36. The summed E-state index contributed by atoms with van der Waals surface area (Å²) in [6.45, 7) is 1.12. The van der Waals surface area contributed by atoms with Crippen molar-refractivity contribution in [2.75, 3.05) is 26.1 Å². The fourth-order valence-electron chi connectivity index (χ4n) is 1.91. The first-order chi connectivity index (χ1) is 10.2. The number of hydrogen-bond donors (Lipinski definition) is 2. The maximum atomic E-state index is 8.86. The third-order valence-electron chi connectivity index (χ3n) is 2.97. The highest BCUT2D eigenvalue weighted by atomic mass is 35.5. The Labute approximate surface area is 128 Å². The average molecular weight is 312 g/mol. The number of ether oxygens (including phenoxy) is 2. The Kier molecular flexibility index (Phi) is 5.30. The predicted molar refractivity (Wildman–Crippen MR) is 81.2 cm³/mol. The molecule has 2 N–H and O–H groups in total. The van der Waals surface area contributed by atoms with Gasteiger partial charge in [-0.05, 0) is 0 Å². The summed E-state index contributed by atoms with van der Waals surface area (Å²) in [5.41, 5.74) is 1.75. The summed E-state index contributed by atoms with van der Waals surface area (Å²) in [6, 6.07) is 3.50. The number of hydrogen-bond acceptors (Lipinski definition) is 5. The van der Waals surface area contributed by atoms with Gasteiger partial charge < -0.3 is 19.9 Å². The molecule has 1 aromatic heterocycles. The Morgan fingerprint density at radius 2 is 2.00 bits per heavy atom. The second-order valence-corrected chi connectivity index (χ2v) is 4.78. The number of aliphatic hydroxyl groups excluding tert-OH is 1. The van der Waals surface area contributed by atoms with E-state index in [4.69, 9.17) is 26.2 Å². The van der Waals surface area contributed by atoms with E-state index in [0.717, 1.165) is 11.3 Å². The van der Waals surface area contributed by atoms with Crippen LogP contribution in [-0.4, -0.2) is 35.7 Å². The Bertz CT molecular complexity index is 601. The molecule has 0 amide bonds. The van der Waals surface area contributed by atoms with Crippen LogP contribution in [0.15, 0.2) is 24.5 Å². The number of rotatable bonds is 7. The van der Waals surface area contributed by atoms with Crippen LogP contribution in [0.2, 0.25) is 5.02 Å². The van der Waals surface area contributed by atoms with Crippen LogP contribution in [-0.2, 0) is 13.1 Å². The molecule has 0 atom stereocenters. The molecule has 1 heterocycles. The normalized spacial score (nSPS) is 10.5. The lowest BCUT2D eigenvalue weighted by Crippen LogP contribution is -2.02. The lowest BCUT2D eigenvalue weighted by molar-refractivity contribution is 0.269. The van der Waals surface area contributed by atoms with Crippen molar-refractivity contribution in [3.8, 4) is 11.5 Å². The Balaban J connectivity index is 2.08. The van der Waals surface area contributed by atoms with Crippen molar-refractivity contribution in [2.24, 2.45) is 0 Å². The molecule has 0 aliphatic carbocycles. The second kappa shape index (κ2) is 7.19. The van der Waals surface area contributed by atoms with Crippen molar-refractivity contribution in [1.29, 1.82) is 0 Å². The summed E-state index contributed by atoms with van der Waals surface area (Å²) in [7, 11) is 3.14. The van der Waals surface area contributed by atoms with Gasteiger partial charge in [-0.15, -0.1) is 0 Å². The van der Waals surface area contributed by atoms with Crippen LogP contribution in [0.4, 0.5) is 5.69 Å². The molecule has 2 aromatic rings. The summed E-state index contributed by atoms with van der Waals surface area (Å²) < 4.78 is 12.1. The van der Waals surface area contributed by atoms with Gasteiger partial charge in [0.2, 0.25) is 0 Å². The van der Waals surface area contributed by atoms with Crippen LogP contribution in [0.25, 0.3) is 0 Å². The average Bonchev–Trinajstić information content (AvgIpc) is 2.93. The van der Waals surface area contributed by atoms with Gasteiger partial charge in [0, 0.05) is 30.4 Å². The highest BCUT2D eigenvalue weighted by molar-refractivity contribution is 6.33. The molecule has 21 heavy (non-hydrogen) atoms. The zero-order valence-electron chi connectivity index (χ0n) is 12.0. The second-order valence-electron chi connectivity index (χ2n) is 4.38. The standard InChI is InChI=1S/C14H18ClN3O3/c1-20-13-5-11(15)12(6-14(13)21-2)16-7-10-8-17-18(9-10)3-4-19/h5-6,8-9,16,19H,3-4,7H2,1-2H3. The van der Waals surface area contributed by atoms with Crippen molar-refractivity contribution < 1.29 is 14.6 Å². The van der Waals surface area contributed by atoms with E-state index >= 15 is 0 Å². The van der Waals surface area contributed by atoms with Crippen LogP contribution >= 0.6 is 11.6 Å². The molecule has 0 aliphatic heterocycles. The molecule has 0 bridgehead atoms. The third-order valence-corrected chi connectivity index (χ3v) is 3.28. The number of methoxy groups -OCH3 is 2. The van der Waals surface area contributed by atoms with E-state index in [1.807, 2.05) is 6.20 Å². The van der Waals surface area contributed by atoms with E-state index in [0.29, 0.717) is 29.6 Å². The van der Waals surface area contributed by atoms with E-state index < -0.39 is 0 Å². The first kappa shape index (κ1) is 15.5. The lowest BCUT2D eigenvalue weighted by atomic mass is 10.2. The first-order valence-electron chi connectivity index (χ1n) is 6.45. The van der Waals surface area contributed by atoms with Gasteiger partial charge in [0.1, 0.15) is 0 Å². The summed E-state index contributed by atoms with van der Waals surface area (Å²) in [6.07, 6.45) is 3.62. The molecule has 6 nitrogen and oxygen atoms in total. The number of anilines is 1. The minimum absolute atomic E-state index is 0.0655. The first-order valence-corrected chi connectivity index (χ1v) is 6.83. The van der Waals surface area contributed by atoms with E-state index in [1.165, 1.54) is 0 Å². The van der Waals surface area contributed by atoms with Crippen LogP contribution in [0.1, 0.15) is 5.56 Å². The molecule has 7 heteroatoms. The maximum absolute atomic E-state index is 8.86. The van der Waals surface area contributed by atoms with Gasteiger partial charge in [-0.1, -0.05) is 11.6 Å². The molecule has 114 valence electrons. The molecule has 0 saturated heterocycles. The van der Waals surface area contributed by atoms with Gasteiger partial charge in [-0.2, -0.15) is 5.10 Å². The molecule has 0 saturated carbocycles. The van der Waals surface area contributed by atoms with Gasteiger partial charge >= 0.3 is 0 Å². The Morgan fingerprint density at radius 1 is 1.29 bits per heavy atom. The van der Waals surface area contributed by atoms with E-state index in [1.54, 1.807) is 37.2 Å². The molecule has 0 unspecified atom stereocenters. The van der Waals surface area contributed by atoms with Gasteiger partial charge in [-0.3, -0.25) is 4.68 Å². The quantitative estimate of drug-likeness (QED) is 0.820. The minimum atomic E-state index is 0.0655. The minimum Gasteiger partial charge on any atom is -0.493 e. The maximum Gasteiger partial charge on any atom is 0.162 e. The van der Waals surface area contributed by atoms with Gasteiger partial charge in [0.25, 0.3) is 0 Å². The SMILES string of the molecule is COc1cc(Cl)c(NCc2cnn(CCO)c2)cc1OC. The number of nitrogens with one attached hydrogen (secondary N) is 1. The molecule has 0 spiro atoms.